The van der Waals surface area contributed by atoms with Crippen molar-refractivity contribution in [3.05, 3.63) is 95.6 Å². The number of hydrogen-bond donors (Lipinski definition) is 2. The lowest BCUT2D eigenvalue weighted by molar-refractivity contribution is -0.121. The molecule has 0 heterocycles. The van der Waals surface area contributed by atoms with Gasteiger partial charge >= 0.3 is 0 Å². The van der Waals surface area contributed by atoms with E-state index >= 15 is 0 Å². The van der Waals surface area contributed by atoms with Gasteiger partial charge < -0.3 is 25.0 Å². The van der Waals surface area contributed by atoms with Crippen molar-refractivity contribution < 1.29 is 14.3 Å². The molecule has 8 heteroatoms. The minimum absolute atomic E-state index is 0.0215. The molecule has 3 aromatic rings. The summed E-state index contributed by atoms with van der Waals surface area (Å²) in [4.78, 5) is 14.9. The van der Waals surface area contributed by atoms with Crippen molar-refractivity contribution in [2.45, 2.75) is 58.2 Å². The molecule has 0 saturated heterocycles. The summed E-state index contributed by atoms with van der Waals surface area (Å²) in [6, 6.07) is 30.3. The van der Waals surface area contributed by atoms with Crippen LogP contribution in [-0.4, -0.2) is 50.1 Å². The summed E-state index contributed by atoms with van der Waals surface area (Å²) in [5.41, 5.74) is 3.16. The van der Waals surface area contributed by atoms with Gasteiger partial charge in [0.25, 0.3) is 0 Å². The SMILES string of the molecule is N#CCCNCCCCN(CCC#N)CCCNC(=O)CCc1ccc(OCc2ccccc2)c(OCc2ccccc2)c1. The highest BCUT2D eigenvalue weighted by Gasteiger charge is 2.11. The molecule has 1 amide bonds. The summed E-state index contributed by atoms with van der Waals surface area (Å²) in [5.74, 6) is 1.36. The Kier molecular flexibility index (Phi) is 16.5. The number of benzene rings is 3. The van der Waals surface area contributed by atoms with Crippen molar-refractivity contribution in [3.8, 4) is 23.6 Å². The number of aryl methyl sites for hydroxylation is 1. The van der Waals surface area contributed by atoms with Crippen LogP contribution in [0.3, 0.4) is 0 Å². The topological polar surface area (TPSA) is 110 Å². The third-order valence-electron chi connectivity index (χ3n) is 7.13. The zero-order valence-corrected chi connectivity index (χ0v) is 25.7. The van der Waals surface area contributed by atoms with Gasteiger partial charge in [0.1, 0.15) is 13.2 Å². The summed E-state index contributed by atoms with van der Waals surface area (Å²) in [7, 11) is 0. The third-order valence-corrected chi connectivity index (χ3v) is 7.13. The second-order valence-corrected chi connectivity index (χ2v) is 10.6. The van der Waals surface area contributed by atoms with Crippen LogP contribution in [0.5, 0.6) is 11.5 Å². The number of nitriles is 2. The lowest BCUT2D eigenvalue weighted by Crippen LogP contribution is -2.31. The number of rotatable bonds is 22. The molecule has 232 valence electrons. The van der Waals surface area contributed by atoms with Gasteiger partial charge in [-0.3, -0.25) is 4.79 Å². The van der Waals surface area contributed by atoms with Crippen molar-refractivity contribution in [3.63, 3.8) is 0 Å². The van der Waals surface area contributed by atoms with Crippen LogP contribution in [-0.2, 0) is 24.4 Å². The zero-order valence-electron chi connectivity index (χ0n) is 25.7. The molecule has 3 aromatic carbocycles. The molecule has 0 unspecified atom stereocenters. The number of unbranched alkanes of at least 4 members (excludes halogenated alkanes) is 1. The Balaban J connectivity index is 1.43. The van der Waals surface area contributed by atoms with Crippen LogP contribution in [0.2, 0.25) is 0 Å². The van der Waals surface area contributed by atoms with Crippen LogP contribution >= 0.6 is 0 Å². The number of nitrogens with zero attached hydrogens (tertiary/aromatic N) is 3. The molecule has 0 spiro atoms. The maximum atomic E-state index is 12.6. The number of carbonyl (C=O) groups excluding carboxylic acids is 1. The van der Waals surface area contributed by atoms with E-state index in [0.717, 1.165) is 68.7 Å². The molecule has 2 N–H and O–H groups in total. The minimum atomic E-state index is 0.0215. The predicted octanol–water partition coefficient (Wildman–Crippen LogP) is 5.78. The van der Waals surface area contributed by atoms with E-state index < -0.39 is 0 Å². The summed E-state index contributed by atoms with van der Waals surface area (Å²) in [5, 5.41) is 23.9. The van der Waals surface area contributed by atoms with Crippen molar-refractivity contribution in [2.75, 3.05) is 39.3 Å². The van der Waals surface area contributed by atoms with Gasteiger partial charge in [0.05, 0.1) is 12.1 Å². The molecular weight excluding hydrogens is 550 g/mol. The third kappa shape index (κ3) is 14.2. The van der Waals surface area contributed by atoms with Gasteiger partial charge in [0.15, 0.2) is 11.5 Å². The lowest BCUT2D eigenvalue weighted by atomic mass is 10.1. The average Bonchev–Trinajstić information content (AvgIpc) is 3.06. The van der Waals surface area contributed by atoms with Gasteiger partial charge in [-0.15, -0.1) is 0 Å². The highest BCUT2D eigenvalue weighted by Crippen LogP contribution is 2.30. The van der Waals surface area contributed by atoms with Gasteiger partial charge in [0.2, 0.25) is 5.91 Å². The first-order chi connectivity index (χ1) is 21.7. The van der Waals surface area contributed by atoms with E-state index in [4.69, 9.17) is 20.0 Å². The van der Waals surface area contributed by atoms with Crippen molar-refractivity contribution in [1.82, 2.24) is 15.5 Å². The molecule has 0 bridgehead atoms. The zero-order chi connectivity index (χ0) is 31.1. The smallest absolute Gasteiger partial charge is 0.220 e. The van der Waals surface area contributed by atoms with E-state index in [-0.39, 0.29) is 5.91 Å². The molecule has 0 aromatic heterocycles. The Morgan fingerprint density at radius 2 is 1.34 bits per heavy atom. The number of nitrogens with one attached hydrogen (secondary N) is 2. The standard InChI is InChI=1S/C36H45N5O3/c37-20-9-23-39-22-7-8-25-41(26-10-21-38)27-11-24-40-36(42)19-17-31-16-18-34(43-29-32-12-3-1-4-13-32)35(28-31)44-30-33-14-5-2-6-15-33/h1-6,12-16,18,28,39H,7-11,17,19,22-27,29-30H2,(H,40,42). The fourth-order valence-electron chi connectivity index (χ4n) is 4.69. The first-order valence-corrected chi connectivity index (χ1v) is 15.6. The minimum Gasteiger partial charge on any atom is -0.485 e. The van der Waals surface area contributed by atoms with Crippen molar-refractivity contribution in [2.24, 2.45) is 0 Å². The Hall–Kier alpha value is -4.37. The summed E-state index contributed by atoms with van der Waals surface area (Å²) >= 11 is 0. The Morgan fingerprint density at radius 1 is 0.682 bits per heavy atom. The van der Waals surface area contributed by atoms with Crippen LogP contribution in [0.1, 0.15) is 55.2 Å². The molecule has 0 atom stereocenters. The van der Waals surface area contributed by atoms with E-state index in [1.165, 1.54) is 0 Å². The van der Waals surface area contributed by atoms with Gasteiger partial charge in [0, 0.05) is 38.9 Å². The van der Waals surface area contributed by atoms with Crippen molar-refractivity contribution in [1.29, 1.82) is 10.5 Å². The van der Waals surface area contributed by atoms with Gasteiger partial charge in [-0.25, -0.2) is 0 Å². The average molecular weight is 596 g/mol. The maximum absolute atomic E-state index is 12.6. The van der Waals surface area contributed by atoms with Crippen LogP contribution in [0.4, 0.5) is 0 Å². The normalized spacial score (nSPS) is 10.6. The molecule has 0 aliphatic rings. The number of amides is 1. The summed E-state index contributed by atoms with van der Waals surface area (Å²) < 4.78 is 12.3. The fourth-order valence-corrected chi connectivity index (χ4v) is 4.69. The molecule has 0 fully saturated rings. The fraction of sp³-hybridized carbons (Fsp3) is 0.417. The second kappa shape index (κ2) is 21.3. The van der Waals surface area contributed by atoms with Crippen molar-refractivity contribution >= 4 is 5.91 Å². The maximum Gasteiger partial charge on any atom is 0.220 e. The number of hydrogen-bond acceptors (Lipinski definition) is 7. The molecule has 0 radical (unpaired) electrons. The van der Waals surface area contributed by atoms with Gasteiger partial charge in [-0.1, -0.05) is 66.7 Å². The highest BCUT2D eigenvalue weighted by atomic mass is 16.5. The largest absolute Gasteiger partial charge is 0.485 e. The van der Waals surface area contributed by atoms with Crippen LogP contribution in [0, 0.1) is 22.7 Å². The van der Waals surface area contributed by atoms with E-state index in [9.17, 15) is 4.79 Å². The molecule has 3 rings (SSSR count). The number of ether oxygens (including phenoxy) is 2. The second-order valence-electron chi connectivity index (χ2n) is 10.6. The van der Waals surface area contributed by atoms with E-state index in [0.29, 0.717) is 56.9 Å². The summed E-state index contributed by atoms with van der Waals surface area (Å²) in [6.07, 6.45) is 4.92. The van der Waals surface area contributed by atoms with E-state index in [2.05, 4.69) is 27.7 Å². The Bertz CT molecular complexity index is 1300. The molecule has 0 saturated carbocycles. The molecule has 44 heavy (non-hydrogen) atoms. The van der Waals surface area contributed by atoms with Gasteiger partial charge in [-0.05, 0) is 74.1 Å². The first-order valence-electron chi connectivity index (χ1n) is 15.6. The lowest BCUT2D eigenvalue weighted by Gasteiger charge is -2.21. The van der Waals surface area contributed by atoms with Crippen LogP contribution in [0.15, 0.2) is 78.9 Å². The molecule has 0 aliphatic heterocycles. The molecule has 8 nitrogen and oxygen atoms in total. The first kappa shape index (κ1) is 34.1. The van der Waals surface area contributed by atoms with Crippen LogP contribution in [0.25, 0.3) is 0 Å². The predicted molar refractivity (Wildman–Crippen MR) is 173 cm³/mol. The Labute approximate surface area is 262 Å². The van der Waals surface area contributed by atoms with E-state index in [1.54, 1.807) is 0 Å². The quantitative estimate of drug-likeness (QED) is 0.142. The summed E-state index contributed by atoms with van der Waals surface area (Å²) in [6.45, 7) is 5.61. The molecular formula is C36H45N5O3. The van der Waals surface area contributed by atoms with Gasteiger partial charge in [-0.2, -0.15) is 10.5 Å². The van der Waals surface area contributed by atoms with E-state index in [1.807, 2.05) is 78.9 Å². The highest BCUT2D eigenvalue weighted by molar-refractivity contribution is 5.76. The Morgan fingerprint density at radius 3 is 2.02 bits per heavy atom. The number of carbonyl (C=O) groups is 1. The molecule has 0 aliphatic carbocycles. The monoisotopic (exact) mass is 595 g/mol. The van der Waals surface area contributed by atoms with Crippen LogP contribution < -0.4 is 20.1 Å².